The van der Waals surface area contributed by atoms with Crippen LogP contribution in [0.3, 0.4) is 0 Å². The van der Waals surface area contributed by atoms with Gasteiger partial charge in [0.25, 0.3) is 0 Å². The van der Waals surface area contributed by atoms with Crippen LogP contribution in [0.4, 0.5) is 0 Å². The van der Waals surface area contributed by atoms with E-state index in [-0.39, 0.29) is 24.0 Å². The minimum absolute atomic E-state index is 0. The fourth-order valence-corrected chi connectivity index (χ4v) is 3.47. The van der Waals surface area contributed by atoms with E-state index in [1.165, 1.54) is 25.7 Å². The topological polar surface area (TPSA) is 54.9 Å². The maximum atomic E-state index is 5.79. The van der Waals surface area contributed by atoms with E-state index in [4.69, 9.17) is 9.47 Å². The molecule has 142 valence electrons. The summed E-state index contributed by atoms with van der Waals surface area (Å²) in [4.78, 5) is 4.31. The van der Waals surface area contributed by atoms with Crippen molar-refractivity contribution in [2.24, 2.45) is 16.3 Å². The van der Waals surface area contributed by atoms with Gasteiger partial charge in [-0.05, 0) is 43.4 Å². The summed E-state index contributed by atoms with van der Waals surface area (Å²) in [6.07, 6.45) is 8.71. The van der Waals surface area contributed by atoms with Gasteiger partial charge in [-0.25, -0.2) is 0 Å². The molecule has 24 heavy (non-hydrogen) atoms. The largest absolute Gasteiger partial charge is 0.381 e. The van der Waals surface area contributed by atoms with Crippen LogP contribution >= 0.6 is 24.0 Å². The van der Waals surface area contributed by atoms with Crippen molar-refractivity contribution in [1.29, 1.82) is 0 Å². The quantitative estimate of drug-likeness (QED) is 0.257. The van der Waals surface area contributed by atoms with Gasteiger partial charge in [0, 0.05) is 46.6 Å². The first kappa shape index (κ1) is 22.0. The van der Waals surface area contributed by atoms with Crippen molar-refractivity contribution >= 4 is 29.9 Å². The summed E-state index contributed by atoms with van der Waals surface area (Å²) in [6.45, 7) is 7.81. The van der Waals surface area contributed by atoms with Crippen LogP contribution in [-0.4, -0.2) is 52.5 Å². The molecule has 1 heterocycles. The fourth-order valence-electron chi connectivity index (χ4n) is 3.47. The molecular formula is C18H36IN3O2. The standard InChI is InChI=1S/C18H35N3O2.HI/c1-18(8-3-4-9-18)15-21-17(19-2)20-10-5-11-23-14-16-6-12-22-13-7-16;/h16H,3-15H2,1-2H3,(H2,19,20,21);1H. The SMILES string of the molecule is CN=C(NCCCOCC1CCOCC1)NCC1(C)CCCC1.I. The lowest BCUT2D eigenvalue weighted by Crippen LogP contribution is -2.42. The molecule has 2 fully saturated rings. The molecule has 0 unspecified atom stereocenters. The highest BCUT2D eigenvalue weighted by Gasteiger charge is 2.28. The van der Waals surface area contributed by atoms with Crippen LogP contribution in [-0.2, 0) is 9.47 Å². The number of halogens is 1. The third kappa shape index (κ3) is 8.34. The van der Waals surface area contributed by atoms with Gasteiger partial charge < -0.3 is 20.1 Å². The van der Waals surface area contributed by atoms with Gasteiger partial charge in [0.2, 0.25) is 0 Å². The zero-order valence-corrected chi connectivity index (χ0v) is 17.8. The summed E-state index contributed by atoms with van der Waals surface area (Å²) in [5.74, 6) is 1.61. The summed E-state index contributed by atoms with van der Waals surface area (Å²) >= 11 is 0. The molecule has 0 bridgehead atoms. The Labute approximate surface area is 164 Å². The van der Waals surface area contributed by atoms with Crippen LogP contribution in [0.2, 0.25) is 0 Å². The summed E-state index contributed by atoms with van der Waals surface area (Å²) in [5.41, 5.74) is 0.449. The Morgan fingerprint density at radius 3 is 2.58 bits per heavy atom. The zero-order valence-electron chi connectivity index (χ0n) is 15.4. The normalized spacial score (nSPS) is 21.3. The molecule has 0 aromatic heterocycles. The minimum atomic E-state index is 0. The average Bonchev–Trinajstić information content (AvgIpc) is 3.01. The molecule has 0 radical (unpaired) electrons. The fraction of sp³-hybridized carbons (Fsp3) is 0.944. The molecule has 0 atom stereocenters. The number of hydrogen-bond donors (Lipinski definition) is 2. The smallest absolute Gasteiger partial charge is 0.190 e. The van der Waals surface area contributed by atoms with E-state index in [1.807, 2.05) is 7.05 Å². The number of nitrogens with zero attached hydrogens (tertiary/aromatic N) is 1. The second-order valence-corrected chi connectivity index (χ2v) is 7.35. The van der Waals surface area contributed by atoms with Gasteiger partial charge in [-0.2, -0.15) is 0 Å². The Morgan fingerprint density at radius 1 is 1.21 bits per heavy atom. The van der Waals surface area contributed by atoms with Crippen LogP contribution in [0.25, 0.3) is 0 Å². The Balaban J connectivity index is 0.00000288. The highest BCUT2D eigenvalue weighted by Crippen LogP contribution is 2.36. The van der Waals surface area contributed by atoms with Crippen LogP contribution in [0.15, 0.2) is 4.99 Å². The Hall–Kier alpha value is -0.0800. The zero-order chi connectivity index (χ0) is 16.4. The van der Waals surface area contributed by atoms with Crippen LogP contribution in [0.1, 0.15) is 51.9 Å². The van der Waals surface area contributed by atoms with Crippen LogP contribution in [0, 0.1) is 11.3 Å². The molecule has 2 aliphatic rings. The van der Waals surface area contributed by atoms with Gasteiger partial charge in [0.05, 0.1) is 0 Å². The lowest BCUT2D eigenvalue weighted by atomic mass is 9.89. The molecule has 5 nitrogen and oxygen atoms in total. The third-order valence-corrected chi connectivity index (χ3v) is 5.17. The Morgan fingerprint density at radius 2 is 1.92 bits per heavy atom. The molecule has 1 aliphatic heterocycles. The maximum absolute atomic E-state index is 5.79. The number of nitrogens with one attached hydrogen (secondary N) is 2. The summed E-state index contributed by atoms with van der Waals surface area (Å²) in [7, 11) is 1.84. The predicted octanol–water partition coefficient (Wildman–Crippen LogP) is 3.18. The molecule has 6 heteroatoms. The second kappa shape index (κ2) is 12.3. The van der Waals surface area contributed by atoms with Gasteiger partial charge in [0.1, 0.15) is 0 Å². The summed E-state index contributed by atoms with van der Waals surface area (Å²) < 4.78 is 11.2. The first-order valence-electron chi connectivity index (χ1n) is 9.32. The van der Waals surface area contributed by atoms with Crippen molar-refractivity contribution in [2.75, 3.05) is 46.6 Å². The van der Waals surface area contributed by atoms with Gasteiger partial charge >= 0.3 is 0 Å². The van der Waals surface area contributed by atoms with Crippen molar-refractivity contribution in [3.8, 4) is 0 Å². The number of guanidine groups is 1. The monoisotopic (exact) mass is 453 g/mol. The molecule has 1 aliphatic carbocycles. The van der Waals surface area contributed by atoms with Crippen molar-refractivity contribution in [3.05, 3.63) is 0 Å². The van der Waals surface area contributed by atoms with E-state index in [9.17, 15) is 0 Å². The third-order valence-electron chi connectivity index (χ3n) is 5.17. The molecule has 0 aromatic rings. The number of hydrogen-bond acceptors (Lipinski definition) is 3. The number of aliphatic imine (C=N–C) groups is 1. The van der Waals surface area contributed by atoms with E-state index in [2.05, 4.69) is 22.5 Å². The van der Waals surface area contributed by atoms with E-state index < -0.39 is 0 Å². The molecule has 2 rings (SSSR count). The van der Waals surface area contributed by atoms with Crippen molar-refractivity contribution in [2.45, 2.75) is 51.9 Å². The predicted molar refractivity (Wildman–Crippen MR) is 110 cm³/mol. The van der Waals surface area contributed by atoms with Crippen LogP contribution in [0.5, 0.6) is 0 Å². The Kier molecular flexibility index (Phi) is 11.3. The van der Waals surface area contributed by atoms with Gasteiger partial charge in [-0.3, -0.25) is 4.99 Å². The lowest BCUT2D eigenvalue weighted by molar-refractivity contribution is 0.0203. The molecule has 1 saturated carbocycles. The Bertz CT molecular complexity index is 354. The number of ether oxygens (including phenoxy) is 2. The highest BCUT2D eigenvalue weighted by molar-refractivity contribution is 14.0. The molecule has 0 spiro atoms. The van der Waals surface area contributed by atoms with Crippen molar-refractivity contribution in [3.63, 3.8) is 0 Å². The minimum Gasteiger partial charge on any atom is -0.381 e. The van der Waals surface area contributed by atoms with Crippen LogP contribution < -0.4 is 10.6 Å². The summed E-state index contributed by atoms with van der Waals surface area (Å²) in [5, 5.41) is 6.87. The van der Waals surface area contributed by atoms with Gasteiger partial charge in [-0.15, -0.1) is 24.0 Å². The first-order valence-corrected chi connectivity index (χ1v) is 9.32. The first-order chi connectivity index (χ1) is 11.2. The van der Waals surface area contributed by atoms with E-state index in [0.717, 1.165) is 64.7 Å². The molecular weight excluding hydrogens is 417 g/mol. The average molecular weight is 453 g/mol. The molecule has 1 saturated heterocycles. The molecule has 0 amide bonds. The molecule has 2 N–H and O–H groups in total. The van der Waals surface area contributed by atoms with Crippen molar-refractivity contribution < 1.29 is 9.47 Å². The van der Waals surface area contributed by atoms with E-state index in [1.54, 1.807) is 0 Å². The van der Waals surface area contributed by atoms with Crippen molar-refractivity contribution in [1.82, 2.24) is 10.6 Å². The lowest BCUT2D eigenvalue weighted by Gasteiger charge is -2.25. The second-order valence-electron chi connectivity index (χ2n) is 7.35. The van der Waals surface area contributed by atoms with Gasteiger partial charge in [-0.1, -0.05) is 19.8 Å². The molecule has 0 aromatic carbocycles. The maximum Gasteiger partial charge on any atom is 0.190 e. The van der Waals surface area contributed by atoms with E-state index in [0.29, 0.717) is 11.3 Å². The van der Waals surface area contributed by atoms with Gasteiger partial charge in [0.15, 0.2) is 5.96 Å². The summed E-state index contributed by atoms with van der Waals surface area (Å²) in [6, 6.07) is 0. The number of rotatable bonds is 8. The van der Waals surface area contributed by atoms with E-state index >= 15 is 0 Å². The highest BCUT2D eigenvalue weighted by atomic mass is 127.